The Kier molecular flexibility index (Phi) is 6.13. The largest absolute Gasteiger partial charge is 0.455 e. The summed E-state index contributed by atoms with van der Waals surface area (Å²) in [6.07, 6.45) is 0. The van der Waals surface area contributed by atoms with E-state index in [1.807, 2.05) is 0 Å². The van der Waals surface area contributed by atoms with Crippen molar-refractivity contribution in [3.8, 4) is 0 Å². The minimum atomic E-state index is -3.55. The molecule has 2 amide bonds. The maximum absolute atomic E-state index is 12.4. The van der Waals surface area contributed by atoms with Crippen molar-refractivity contribution in [2.75, 3.05) is 5.32 Å². The molecule has 7 nitrogen and oxygen atoms in total. The number of hydrogen-bond donors (Lipinski definition) is 2. The molecule has 0 atom stereocenters. The average Bonchev–Trinajstić information content (AvgIpc) is 3.15. The maximum atomic E-state index is 12.4. The fourth-order valence-corrected chi connectivity index (χ4v) is 3.92. The van der Waals surface area contributed by atoms with E-state index in [1.54, 1.807) is 42.5 Å². The molecule has 3 aromatic rings. The Morgan fingerprint density at radius 3 is 2.28 bits per heavy atom. The molecule has 2 N–H and O–H groups in total. The number of sulfone groups is 1. The van der Waals surface area contributed by atoms with Crippen LogP contribution in [0, 0.1) is 0 Å². The standard InChI is InChI=1S/C21H20N2O5S/c1-15(24)23-17-9-7-16(8-10-17)13-22-21(25)20-12-11-18(28-20)14-29(26,27)19-5-3-2-4-6-19/h2-12H,13-14H2,1H3,(H,22,25)(H,23,24). The zero-order chi connectivity index (χ0) is 20.9. The van der Waals surface area contributed by atoms with Crippen LogP contribution in [0.2, 0.25) is 0 Å². The molecule has 0 aliphatic rings. The third-order valence-electron chi connectivity index (χ3n) is 4.05. The highest BCUT2D eigenvalue weighted by Crippen LogP contribution is 2.18. The summed E-state index contributed by atoms with van der Waals surface area (Å²) >= 11 is 0. The van der Waals surface area contributed by atoms with E-state index in [0.29, 0.717) is 5.69 Å². The third-order valence-corrected chi connectivity index (χ3v) is 5.70. The van der Waals surface area contributed by atoms with E-state index in [2.05, 4.69) is 10.6 Å². The van der Waals surface area contributed by atoms with Gasteiger partial charge in [-0.25, -0.2) is 8.42 Å². The number of nitrogens with one attached hydrogen (secondary N) is 2. The van der Waals surface area contributed by atoms with Crippen LogP contribution in [0.15, 0.2) is 76.0 Å². The molecule has 29 heavy (non-hydrogen) atoms. The first-order valence-corrected chi connectivity index (χ1v) is 10.5. The molecule has 8 heteroatoms. The fraction of sp³-hybridized carbons (Fsp3) is 0.143. The predicted molar refractivity (Wildman–Crippen MR) is 108 cm³/mol. The number of rotatable bonds is 7. The van der Waals surface area contributed by atoms with Crippen molar-refractivity contribution < 1.29 is 22.4 Å². The van der Waals surface area contributed by atoms with Crippen molar-refractivity contribution in [2.24, 2.45) is 0 Å². The van der Waals surface area contributed by atoms with E-state index >= 15 is 0 Å². The zero-order valence-electron chi connectivity index (χ0n) is 15.7. The maximum Gasteiger partial charge on any atom is 0.287 e. The lowest BCUT2D eigenvalue weighted by Crippen LogP contribution is -2.22. The molecule has 1 heterocycles. The van der Waals surface area contributed by atoms with Gasteiger partial charge in [-0.2, -0.15) is 0 Å². The van der Waals surface area contributed by atoms with E-state index in [1.165, 1.54) is 31.2 Å². The summed E-state index contributed by atoms with van der Waals surface area (Å²) in [5, 5.41) is 5.38. The number of carbonyl (C=O) groups is 2. The summed E-state index contributed by atoms with van der Waals surface area (Å²) in [6, 6.07) is 18.0. The molecule has 0 fully saturated rings. The van der Waals surface area contributed by atoms with E-state index in [4.69, 9.17) is 4.42 Å². The smallest absolute Gasteiger partial charge is 0.287 e. The molecule has 0 aliphatic heterocycles. The number of amides is 2. The molecule has 0 spiro atoms. The lowest BCUT2D eigenvalue weighted by molar-refractivity contribution is -0.114. The van der Waals surface area contributed by atoms with Gasteiger partial charge in [0, 0.05) is 19.2 Å². The first-order valence-electron chi connectivity index (χ1n) is 8.85. The second-order valence-corrected chi connectivity index (χ2v) is 8.39. The predicted octanol–water partition coefficient (Wildman–Crippen LogP) is 3.14. The number of carbonyl (C=O) groups excluding carboxylic acids is 2. The van der Waals surface area contributed by atoms with Crippen LogP contribution in [0.25, 0.3) is 0 Å². The molecular weight excluding hydrogens is 392 g/mol. The summed E-state index contributed by atoms with van der Waals surface area (Å²) in [5.74, 6) is -0.695. The van der Waals surface area contributed by atoms with Crippen molar-refractivity contribution in [2.45, 2.75) is 24.1 Å². The van der Waals surface area contributed by atoms with Gasteiger partial charge in [0.25, 0.3) is 5.91 Å². The second kappa shape index (κ2) is 8.74. The Hall–Kier alpha value is -3.39. The molecule has 0 radical (unpaired) electrons. The molecule has 0 saturated carbocycles. The van der Waals surface area contributed by atoms with Crippen molar-refractivity contribution in [1.82, 2.24) is 5.32 Å². The van der Waals surface area contributed by atoms with Crippen LogP contribution in [0.1, 0.15) is 28.8 Å². The van der Waals surface area contributed by atoms with Gasteiger partial charge in [-0.1, -0.05) is 30.3 Å². The van der Waals surface area contributed by atoms with Crippen molar-refractivity contribution >= 4 is 27.3 Å². The summed E-state index contributed by atoms with van der Waals surface area (Å²) in [7, 11) is -3.55. The van der Waals surface area contributed by atoms with Gasteiger partial charge in [-0.05, 0) is 42.0 Å². The molecule has 0 aliphatic carbocycles. The summed E-state index contributed by atoms with van der Waals surface area (Å²) in [5.41, 5.74) is 1.51. The Morgan fingerprint density at radius 1 is 0.931 bits per heavy atom. The molecule has 150 valence electrons. The zero-order valence-corrected chi connectivity index (χ0v) is 16.5. The minimum Gasteiger partial charge on any atom is -0.455 e. The van der Waals surface area contributed by atoms with Crippen molar-refractivity contribution in [3.05, 3.63) is 83.8 Å². The average molecular weight is 412 g/mol. The van der Waals surface area contributed by atoms with Gasteiger partial charge in [-0.3, -0.25) is 9.59 Å². The quantitative estimate of drug-likeness (QED) is 0.620. The Labute approximate surface area is 168 Å². The van der Waals surface area contributed by atoms with Gasteiger partial charge in [0.15, 0.2) is 15.6 Å². The van der Waals surface area contributed by atoms with Gasteiger partial charge in [-0.15, -0.1) is 0 Å². The van der Waals surface area contributed by atoms with E-state index < -0.39 is 15.7 Å². The van der Waals surface area contributed by atoms with E-state index in [9.17, 15) is 18.0 Å². The lowest BCUT2D eigenvalue weighted by Gasteiger charge is -2.06. The molecule has 0 unspecified atom stereocenters. The van der Waals surface area contributed by atoms with Crippen LogP contribution < -0.4 is 10.6 Å². The van der Waals surface area contributed by atoms with E-state index in [-0.39, 0.29) is 34.6 Å². The first kappa shape index (κ1) is 20.3. The van der Waals surface area contributed by atoms with Crippen LogP contribution in [0.5, 0.6) is 0 Å². The van der Waals surface area contributed by atoms with Crippen LogP contribution in [0.3, 0.4) is 0 Å². The number of furan rings is 1. The van der Waals surface area contributed by atoms with Gasteiger partial charge in [0.2, 0.25) is 5.91 Å². The highest BCUT2D eigenvalue weighted by Gasteiger charge is 2.19. The molecule has 0 bridgehead atoms. The summed E-state index contributed by atoms with van der Waals surface area (Å²) in [4.78, 5) is 23.5. The molecule has 3 rings (SSSR count). The van der Waals surface area contributed by atoms with Crippen LogP contribution in [0.4, 0.5) is 5.69 Å². The normalized spacial score (nSPS) is 11.1. The fourth-order valence-electron chi connectivity index (χ4n) is 2.65. The highest BCUT2D eigenvalue weighted by molar-refractivity contribution is 7.90. The van der Waals surface area contributed by atoms with Gasteiger partial charge >= 0.3 is 0 Å². The third kappa shape index (κ3) is 5.55. The lowest BCUT2D eigenvalue weighted by atomic mass is 10.2. The highest BCUT2D eigenvalue weighted by atomic mass is 32.2. The van der Waals surface area contributed by atoms with Crippen LogP contribution in [-0.4, -0.2) is 20.2 Å². The van der Waals surface area contributed by atoms with Crippen molar-refractivity contribution in [3.63, 3.8) is 0 Å². The molecular formula is C21H20N2O5S. The summed E-state index contributed by atoms with van der Waals surface area (Å²) < 4.78 is 30.2. The van der Waals surface area contributed by atoms with Gasteiger partial charge in [0.05, 0.1) is 4.90 Å². The molecule has 2 aromatic carbocycles. The second-order valence-electron chi connectivity index (χ2n) is 6.40. The molecule has 1 aromatic heterocycles. The monoisotopic (exact) mass is 412 g/mol. The van der Waals surface area contributed by atoms with Crippen molar-refractivity contribution in [1.29, 1.82) is 0 Å². The Bertz CT molecular complexity index is 1100. The number of anilines is 1. The minimum absolute atomic E-state index is 0.0399. The number of benzene rings is 2. The number of hydrogen-bond acceptors (Lipinski definition) is 5. The van der Waals surface area contributed by atoms with Gasteiger partial charge < -0.3 is 15.1 Å². The first-order chi connectivity index (χ1) is 13.8. The topological polar surface area (TPSA) is 105 Å². The van der Waals surface area contributed by atoms with E-state index in [0.717, 1.165) is 5.56 Å². The Morgan fingerprint density at radius 2 is 1.62 bits per heavy atom. The Balaban J connectivity index is 1.59. The SMILES string of the molecule is CC(=O)Nc1ccc(CNC(=O)c2ccc(CS(=O)(=O)c3ccccc3)o2)cc1. The summed E-state index contributed by atoms with van der Waals surface area (Å²) in [6.45, 7) is 1.69. The van der Waals surface area contributed by atoms with Crippen LogP contribution in [-0.2, 0) is 26.9 Å². The van der Waals surface area contributed by atoms with Crippen LogP contribution >= 0.6 is 0 Å². The molecule has 0 saturated heterocycles. The van der Waals surface area contributed by atoms with Gasteiger partial charge in [0.1, 0.15) is 11.5 Å².